The topological polar surface area (TPSA) is 96.2 Å². The van der Waals surface area contributed by atoms with Gasteiger partial charge < -0.3 is 24.8 Å². The average molecular weight is 296 g/mol. The fraction of sp³-hybridized carbons (Fsp3) is 0.933. The maximum absolute atomic E-state index is 12.6. The SMILES string of the molecule is C[C@@]12CO[C@@]3(O)C[C@]45[C@]1(CC[C@@]4(C)O)OC(=O)[C@@]5(O)[C@@]23C. The van der Waals surface area contributed by atoms with Gasteiger partial charge >= 0.3 is 5.97 Å². The molecule has 4 bridgehead atoms. The summed E-state index contributed by atoms with van der Waals surface area (Å²) in [5, 5.41) is 33.6. The second kappa shape index (κ2) is 2.56. The summed E-state index contributed by atoms with van der Waals surface area (Å²) in [6.07, 6.45) is 0.950. The van der Waals surface area contributed by atoms with Crippen molar-refractivity contribution in [2.75, 3.05) is 6.61 Å². The molecule has 116 valence electrons. The highest BCUT2D eigenvalue weighted by Crippen LogP contribution is 2.92. The van der Waals surface area contributed by atoms with Crippen LogP contribution in [-0.2, 0) is 14.3 Å². The molecule has 0 aromatic carbocycles. The van der Waals surface area contributed by atoms with Gasteiger partial charge in [-0.1, -0.05) is 13.8 Å². The zero-order valence-electron chi connectivity index (χ0n) is 12.4. The summed E-state index contributed by atoms with van der Waals surface area (Å²) >= 11 is 0. The first-order valence-corrected chi connectivity index (χ1v) is 7.54. The minimum atomic E-state index is -1.92. The highest BCUT2D eigenvalue weighted by Gasteiger charge is 3.07. The summed E-state index contributed by atoms with van der Waals surface area (Å²) < 4.78 is 11.4. The Morgan fingerprint density at radius 1 is 1.10 bits per heavy atom. The standard InChI is InChI=1S/C15H20O6/c1-9-7-20-14(18)6-12-10(2,17)4-5-13(9,12)21-8(16)15(12,19)11(9,14)3/h17-19H,4-7H2,1-3H3/t9-,10+,11-,12+,13+,14-,15+/m0/s1. The number of rotatable bonds is 0. The van der Waals surface area contributed by atoms with Gasteiger partial charge in [0.15, 0.2) is 11.4 Å². The number of hydrogen-bond acceptors (Lipinski definition) is 6. The zero-order valence-corrected chi connectivity index (χ0v) is 12.4. The van der Waals surface area contributed by atoms with Crippen LogP contribution in [0.15, 0.2) is 0 Å². The van der Waals surface area contributed by atoms with Gasteiger partial charge in [-0.05, 0) is 19.8 Å². The first-order chi connectivity index (χ1) is 9.50. The summed E-state index contributed by atoms with van der Waals surface area (Å²) in [5.41, 5.74) is -7.26. The monoisotopic (exact) mass is 296 g/mol. The van der Waals surface area contributed by atoms with Gasteiger partial charge in [0.05, 0.1) is 23.0 Å². The third-order valence-corrected chi connectivity index (χ3v) is 8.36. The maximum atomic E-state index is 12.6. The van der Waals surface area contributed by atoms with Crippen LogP contribution in [0, 0.1) is 16.2 Å². The Morgan fingerprint density at radius 3 is 2.43 bits per heavy atom. The Balaban J connectivity index is 1.99. The van der Waals surface area contributed by atoms with Gasteiger partial charge in [-0.2, -0.15) is 0 Å². The van der Waals surface area contributed by atoms with E-state index >= 15 is 0 Å². The second-order valence-electron chi connectivity index (χ2n) is 8.31. The lowest BCUT2D eigenvalue weighted by Gasteiger charge is -2.54. The number of esters is 1. The van der Waals surface area contributed by atoms with Gasteiger partial charge in [-0.3, -0.25) is 0 Å². The van der Waals surface area contributed by atoms with E-state index in [9.17, 15) is 20.1 Å². The normalized spacial score (nSPS) is 73.1. The summed E-state index contributed by atoms with van der Waals surface area (Å²) in [4.78, 5) is 12.6. The number of carbonyl (C=O) groups is 1. The summed E-state index contributed by atoms with van der Waals surface area (Å²) in [5.74, 6) is -2.32. The number of hydrogen-bond donors (Lipinski definition) is 3. The van der Waals surface area contributed by atoms with Crippen LogP contribution in [0.4, 0.5) is 0 Å². The number of ether oxygens (including phenoxy) is 2. The predicted octanol–water partition coefficient (Wildman–Crippen LogP) is -0.307. The van der Waals surface area contributed by atoms with E-state index in [0.29, 0.717) is 12.8 Å². The Hall–Kier alpha value is -0.690. The summed E-state index contributed by atoms with van der Waals surface area (Å²) in [6, 6.07) is 0. The van der Waals surface area contributed by atoms with E-state index in [1.807, 2.05) is 6.92 Å². The van der Waals surface area contributed by atoms with Crippen LogP contribution in [0.25, 0.3) is 0 Å². The van der Waals surface area contributed by atoms with Crippen molar-refractivity contribution in [1.82, 2.24) is 0 Å². The van der Waals surface area contributed by atoms with Gasteiger partial charge in [0.25, 0.3) is 0 Å². The molecule has 2 saturated heterocycles. The largest absolute Gasteiger partial charge is 0.455 e. The van der Waals surface area contributed by atoms with Crippen LogP contribution < -0.4 is 0 Å². The van der Waals surface area contributed by atoms with Crippen LogP contribution in [0.5, 0.6) is 0 Å². The average Bonchev–Trinajstić information content (AvgIpc) is 2.90. The Kier molecular flexibility index (Phi) is 1.56. The van der Waals surface area contributed by atoms with Crippen molar-refractivity contribution in [3.63, 3.8) is 0 Å². The van der Waals surface area contributed by atoms with Crippen LogP contribution in [0.3, 0.4) is 0 Å². The Bertz CT molecular complexity index is 632. The van der Waals surface area contributed by atoms with Crippen molar-refractivity contribution in [3.8, 4) is 0 Å². The third kappa shape index (κ3) is 0.665. The smallest absolute Gasteiger partial charge is 0.340 e. The molecule has 6 nitrogen and oxygen atoms in total. The molecule has 0 aromatic heterocycles. The zero-order chi connectivity index (χ0) is 15.3. The lowest BCUT2D eigenvalue weighted by Crippen LogP contribution is -2.66. The molecule has 0 aromatic rings. The van der Waals surface area contributed by atoms with E-state index < -0.39 is 44.8 Å². The lowest BCUT2D eigenvalue weighted by atomic mass is 9.54. The molecule has 3 aliphatic carbocycles. The van der Waals surface area contributed by atoms with E-state index in [2.05, 4.69) is 0 Å². The minimum Gasteiger partial charge on any atom is -0.455 e. The van der Waals surface area contributed by atoms with Crippen molar-refractivity contribution < 1.29 is 29.6 Å². The molecule has 6 heteroatoms. The van der Waals surface area contributed by atoms with Crippen molar-refractivity contribution in [1.29, 1.82) is 0 Å². The van der Waals surface area contributed by atoms with E-state index in [1.54, 1.807) is 13.8 Å². The molecule has 5 aliphatic rings. The molecule has 2 aliphatic heterocycles. The van der Waals surface area contributed by atoms with E-state index in [-0.39, 0.29) is 13.0 Å². The Labute approximate surface area is 122 Å². The molecule has 5 rings (SSSR count). The molecule has 1 spiro atoms. The third-order valence-electron chi connectivity index (χ3n) is 8.36. The molecular weight excluding hydrogens is 276 g/mol. The molecule has 7 atom stereocenters. The first-order valence-electron chi connectivity index (χ1n) is 7.54. The van der Waals surface area contributed by atoms with Crippen molar-refractivity contribution in [2.24, 2.45) is 16.2 Å². The van der Waals surface area contributed by atoms with Crippen LogP contribution in [-0.4, -0.2) is 50.5 Å². The second-order valence-corrected chi connectivity index (χ2v) is 8.31. The van der Waals surface area contributed by atoms with Crippen LogP contribution >= 0.6 is 0 Å². The fourth-order valence-electron chi connectivity index (χ4n) is 7.23. The highest BCUT2D eigenvalue weighted by molar-refractivity contribution is 5.91. The molecule has 2 heterocycles. The van der Waals surface area contributed by atoms with Crippen molar-refractivity contribution >= 4 is 5.97 Å². The minimum absolute atomic E-state index is 0.0291. The van der Waals surface area contributed by atoms with E-state index in [1.165, 1.54) is 0 Å². The maximum Gasteiger partial charge on any atom is 0.340 e. The fourth-order valence-corrected chi connectivity index (χ4v) is 7.23. The first kappa shape index (κ1) is 12.8. The van der Waals surface area contributed by atoms with Crippen LogP contribution in [0.1, 0.15) is 40.0 Å². The molecule has 0 amide bonds. The van der Waals surface area contributed by atoms with Gasteiger partial charge in [-0.25, -0.2) is 4.79 Å². The molecule has 0 unspecified atom stereocenters. The van der Waals surface area contributed by atoms with Gasteiger partial charge in [0, 0.05) is 11.8 Å². The lowest BCUT2D eigenvalue weighted by molar-refractivity contribution is -0.274. The molecule has 3 saturated carbocycles. The molecule has 5 fully saturated rings. The summed E-state index contributed by atoms with van der Waals surface area (Å²) in [7, 11) is 0. The van der Waals surface area contributed by atoms with Gasteiger partial charge in [0.1, 0.15) is 5.60 Å². The van der Waals surface area contributed by atoms with Gasteiger partial charge in [0.2, 0.25) is 0 Å². The van der Waals surface area contributed by atoms with E-state index in [0.717, 1.165) is 0 Å². The molecule has 21 heavy (non-hydrogen) atoms. The number of aliphatic hydroxyl groups is 3. The highest BCUT2D eigenvalue weighted by atomic mass is 16.7. The van der Waals surface area contributed by atoms with Crippen molar-refractivity contribution in [3.05, 3.63) is 0 Å². The molecular formula is C15H20O6. The van der Waals surface area contributed by atoms with E-state index in [4.69, 9.17) is 9.47 Å². The summed E-state index contributed by atoms with van der Waals surface area (Å²) in [6.45, 7) is 5.48. The van der Waals surface area contributed by atoms with Gasteiger partial charge in [-0.15, -0.1) is 0 Å². The Morgan fingerprint density at radius 2 is 1.76 bits per heavy atom. The molecule has 0 radical (unpaired) electrons. The van der Waals surface area contributed by atoms with Crippen LogP contribution in [0.2, 0.25) is 0 Å². The molecule has 3 N–H and O–H groups in total. The quantitative estimate of drug-likeness (QED) is 0.531. The van der Waals surface area contributed by atoms with Crippen molar-refractivity contribution in [2.45, 2.75) is 62.6 Å². The predicted molar refractivity (Wildman–Crippen MR) is 67.8 cm³/mol. The number of carbonyl (C=O) groups excluding carboxylic acids is 1.